The molecule has 0 aromatic heterocycles. The molecule has 1 amide bonds. The van der Waals surface area contributed by atoms with Gasteiger partial charge in [-0.1, -0.05) is 6.07 Å². The minimum Gasteiger partial charge on any atom is -0.347 e. The first-order valence-electron chi connectivity index (χ1n) is 5.15. The maximum Gasteiger partial charge on any atom is 0.242 e. The Morgan fingerprint density at radius 2 is 1.94 bits per heavy atom. The van der Waals surface area contributed by atoms with Gasteiger partial charge in [-0.15, -0.1) is 0 Å². The van der Waals surface area contributed by atoms with Crippen LogP contribution in [0.25, 0.3) is 0 Å². The van der Waals surface area contributed by atoms with Crippen LogP contribution in [0, 0.1) is 3.57 Å². The summed E-state index contributed by atoms with van der Waals surface area (Å²) in [5.41, 5.74) is 0.500. The number of sulfonamides is 1. The molecule has 0 spiro atoms. The van der Waals surface area contributed by atoms with Crippen LogP contribution in [0.15, 0.2) is 24.3 Å². The summed E-state index contributed by atoms with van der Waals surface area (Å²) in [6.45, 7) is -0.189. The number of hydrogen-bond donors (Lipinski definition) is 0. The average molecular weight is 382 g/mol. The molecule has 0 bridgehead atoms. The van der Waals surface area contributed by atoms with Crippen LogP contribution in [-0.4, -0.2) is 46.1 Å². The highest BCUT2D eigenvalue weighted by atomic mass is 127. The molecule has 0 fully saturated rings. The molecule has 100 valence electrons. The number of carbonyl (C=O) groups excluding carboxylic acids is 1. The molecule has 5 nitrogen and oxygen atoms in total. The quantitative estimate of drug-likeness (QED) is 0.735. The predicted octanol–water partition coefficient (Wildman–Crippen LogP) is 1.15. The number of carbonyl (C=O) groups is 1. The van der Waals surface area contributed by atoms with Gasteiger partial charge >= 0.3 is 0 Å². The predicted molar refractivity (Wildman–Crippen MR) is 80.0 cm³/mol. The summed E-state index contributed by atoms with van der Waals surface area (Å²) in [5.74, 6) is -0.265. The molecule has 0 atom stereocenters. The largest absolute Gasteiger partial charge is 0.347 e. The average Bonchev–Trinajstić information content (AvgIpc) is 2.23. The maximum atomic E-state index is 11.8. The van der Waals surface area contributed by atoms with Gasteiger partial charge in [0.25, 0.3) is 0 Å². The zero-order valence-electron chi connectivity index (χ0n) is 10.4. The summed E-state index contributed by atoms with van der Waals surface area (Å²) in [6, 6.07) is 7.02. The molecule has 18 heavy (non-hydrogen) atoms. The number of rotatable bonds is 4. The third kappa shape index (κ3) is 4.13. The SMILES string of the molecule is CN(C)C(=O)CN(c1cccc(I)c1)S(C)(=O)=O. The number of amides is 1. The molecule has 0 saturated carbocycles. The van der Waals surface area contributed by atoms with E-state index in [1.165, 1.54) is 4.90 Å². The second kappa shape index (κ2) is 5.87. The molecule has 0 N–H and O–H groups in total. The first-order valence-corrected chi connectivity index (χ1v) is 8.08. The van der Waals surface area contributed by atoms with E-state index in [-0.39, 0.29) is 12.5 Å². The van der Waals surface area contributed by atoms with Gasteiger partial charge in [0, 0.05) is 17.7 Å². The molecule has 7 heteroatoms. The number of halogens is 1. The molecule has 0 aliphatic rings. The molecular formula is C11H15IN2O3S. The van der Waals surface area contributed by atoms with E-state index in [4.69, 9.17) is 0 Å². The molecule has 1 rings (SSSR count). The van der Waals surface area contributed by atoms with Crippen molar-refractivity contribution in [2.75, 3.05) is 31.2 Å². The smallest absolute Gasteiger partial charge is 0.242 e. The van der Waals surface area contributed by atoms with Gasteiger partial charge in [0.05, 0.1) is 11.9 Å². The van der Waals surface area contributed by atoms with Gasteiger partial charge in [0.2, 0.25) is 15.9 Å². The van der Waals surface area contributed by atoms with Crippen molar-refractivity contribution in [1.29, 1.82) is 0 Å². The van der Waals surface area contributed by atoms with Crippen LogP contribution in [0.3, 0.4) is 0 Å². The first kappa shape index (κ1) is 15.2. The standard InChI is InChI=1S/C11H15IN2O3S/c1-13(2)11(15)8-14(18(3,16)17)10-6-4-5-9(12)7-10/h4-7H,8H2,1-3H3. The number of hydrogen-bond acceptors (Lipinski definition) is 3. The summed E-state index contributed by atoms with van der Waals surface area (Å²) in [7, 11) is -0.291. The lowest BCUT2D eigenvalue weighted by Gasteiger charge is -2.23. The van der Waals surface area contributed by atoms with E-state index in [9.17, 15) is 13.2 Å². The second-order valence-corrected chi connectivity index (χ2v) is 7.19. The molecule has 0 unspecified atom stereocenters. The van der Waals surface area contributed by atoms with E-state index in [1.54, 1.807) is 32.3 Å². The number of nitrogens with zero attached hydrogens (tertiary/aromatic N) is 2. The minimum atomic E-state index is -3.48. The molecule has 0 heterocycles. The fourth-order valence-corrected chi connectivity index (χ4v) is 2.66. The van der Waals surface area contributed by atoms with Gasteiger partial charge in [-0.2, -0.15) is 0 Å². The van der Waals surface area contributed by atoms with Gasteiger partial charge in [-0.05, 0) is 40.8 Å². The van der Waals surface area contributed by atoms with Gasteiger partial charge in [0.1, 0.15) is 6.54 Å². The van der Waals surface area contributed by atoms with Crippen LogP contribution in [0.4, 0.5) is 5.69 Å². The second-order valence-electron chi connectivity index (χ2n) is 4.04. The highest BCUT2D eigenvalue weighted by Crippen LogP contribution is 2.20. The normalized spacial score (nSPS) is 11.1. The van der Waals surface area contributed by atoms with E-state index >= 15 is 0 Å². The van der Waals surface area contributed by atoms with Gasteiger partial charge in [-0.3, -0.25) is 9.10 Å². The van der Waals surface area contributed by atoms with E-state index in [2.05, 4.69) is 22.6 Å². The zero-order valence-corrected chi connectivity index (χ0v) is 13.4. The van der Waals surface area contributed by atoms with Crippen LogP contribution < -0.4 is 4.31 Å². The Balaban J connectivity index is 3.12. The Labute approximate surface area is 121 Å². The first-order chi connectivity index (χ1) is 8.21. The monoisotopic (exact) mass is 382 g/mol. The number of likely N-dealkylation sites (N-methyl/N-ethyl adjacent to an activating group) is 1. The molecular weight excluding hydrogens is 367 g/mol. The van der Waals surface area contributed by atoms with E-state index < -0.39 is 10.0 Å². The van der Waals surface area contributed by atoms with E-state index in [0.717, 1.165) is 14.1 Å². The third-order valence-corrected chi connectivity index (χ3v) is 4.09. The summed E-state index contributed by atoms with van der Waals surface area (Å²) >= 11 is 2.10. The summed E-state index contributed by atoms with van der Waals surface area (Å²) < 4.78 is 25.5. The topological polar surface area (TPSA) is 57.7 Å². The Kier molecular flexibility index (Phi) is 4.97. The van der Waals surface area contributed by atoms with Crippen molar-refractivity contribution in [3.8, 4) is 0 Å². The van der Waals surface area contributed by atoms with Crippen molar-refractivity contribution in [1.82, 2.24) is 4.90 Å². The van der Waals surface area contributed by atoms with Crippen LogP contribution in [0.2, 0.25) is 0 Å². The summed E-state index contributed by atoms with van der Waals surface area (Å²) in [6.07, 6.45) is 1.09. The van der Waals surface area contributed by atoms with Crippen molar-refractivity contribution >= 4 is 44.2 Å². The van der Waals surface area contributed by atoms with Crippen LogP contribution >= 0.6 is 22.6 Å². The molecule has 0 aliphatic carbocycles. The van der Waals surface area contributed by atoms with Gasteiger partial charge in [0.15, 0.2) is 0 Å². The minimum absolute atomic E-state index is 0.189. The lowest BCUT2D eigenvalue weighted by atomic mass is 10.3. The van der Waals surface area contributed by atoms with Crippen molar-refractivity contribution in [2.45, 2.75) is 0 Å². The highest BCUT2D eigenvalue weighted by Gasteiger charge is 2.21. The van der Waals surface area contributed by atoms with Gasteiger partial charge in [-0.25, -0.2) is 8.42 Å². The van der Waals surface area contributed by atoms with Crippen LogP contribution in [0.1, 0.15) is 0 Å². The lowest BCUT2D eigenvalue weighted by Crippen LogP contribution is -2.39. The zero-order chi connectivity index (χ0) is 13.9. The molecule has 0 saturated heterocycles. The van der Waals surface area contributed by atoms with E-state index in [1.807, 2.05) is 6.07 Å². The number of anilines is 1. The summed E-state index contributed by atoms with van der Waals surface area (Å²) in [4.78, 5) is 13.0. The van der Waals surface area contributed by atoms with Crippen molar-refractivity contribution < 1.29 is 13.2 Å². The van der Waals surface area contributed by atoms with Gasteiger partial charge < -0.3 is 4.90 Å². The van der Waals surface area contributed by atoms with Crippen LogP contribution in [0.5, 0.6) is 0 Å². The van der Waals surface area contributed by atoms with Crippen molar-refractivity contribution in [3.63, 3.8) is 0 Å². The molecule has 0 radical (unpaired) electrons. The maximum absolute atomic E-state index is 11.8. The Bertz CT molecular complexity index is 543. The van der Waals surface area contributed by atoms with Crippen molar-refractivity contribution in [3.05, 3.63) is 27.8 Å². The molecule has 0 aliphatic heterocycles. The lowest BCUT2D eigenvalue weighted by molar-refractivity contribution is -0.127. The Morgan fingerprint density at radius 3 is 2.39 bits per heavy atom. The number of benzene rings is 1. The fourth-order valence-electron chi connectivity index (χ4n) is 1.30. The molecule has 1 aromatic rings. The van der Waals surface area contributed by atoms with Crippen LogP contribution in [-0.2, 0) is 14.8 Å². The third-order valence-electron chi connectivity index (χ3n) is 2.27. The highest BCUT2D eigenvalue weighted by molar-refractivity contribution is 14.1. The molecule has 1 aromatic carbocycles. The Morgan fingerprint density at radius 1 is 1.33 bits per heavy atom. The van der Waals surface area contributed by atoms with Crippen molar-refractivity contribution in [2.24, 2.45) is 0 Å². The summed E-state index contributed by atoms with van der Waals surface area (Å²) in [5, 5.41) is 0. The Hall–Kier alpha value is -0.830. The fraction of sp³-hybridized carbons (Fsp3) is 0.364. The van der Waals surface area contributed by atoms with E-state index in [0.29, 0.717) is 5.69 Å².